The van der Waals surface area contributed by atoms with Crippen molar-refractivity contribution in [3.8, 4) is 33.4 Å². The molecule has 0 unspecified atom stereocenters. The SMILES string of the molecule is c1ccc2c(c1)C[Si]1(C2)c2cc(-c3ccc4ccc5cccc6ccc3c4c56)ccc2-c2ccc(-c3ccc4ccc5cccc6ccc3c4c56)cc21. The molecule has 0 aliphatic carbocycles. The molecule has 0 saturated carbocycles. The van der Waals surface area contributed by atoms with Crippen LogP contribution in [0.5, 0.6) is 0 Å². The Balaban J connectivity index is 1.03. The van der Waals surface area contributed by atoms with Crippen LogP contribution in [0.25, 0.3) is 98.0 Å². The monoisotopic (exact) mass is 684 g/mol. The predicted octanol–water partition coefficient (Wildman–Crippen LogP) is 12.2. The summed E-state index contributed by atoms with van der Waals surface area (Å²) in [5.41, 5.74) is 11.3. The topological polar surface area (TPSA) is 0 Å². The Bertz CT molecular complexity index is 3090. The fourth-order valence-electron chi connectivity index (χ4n) is 10.8. The second-order valence-corrected chi connectivity index (χ2v) is 19.6. The molecule has 0 N–H and O–H groups in total. The average molecular weight is 685 g/mol. The van der Waals surface area contributed by atoms with E-state index in [-0.39, 0.29) is 0 Å². The van der Waals surface area contributed by atoms with E-state index in [0.29, 0.717) is 0 Å². The van der Waals surface area contributed by atoms with Gasteiger partial charge >= 0.3 is 0 Å². The van der Waals surface area contributed by atoms with Gasteiger partial charge in [-0.05, 0) is 132 Å². The van der Waals surface area contributed by atoms with Crippen LogP contribution in [-0.2, 0) is 12.1 Å². The molecule has 1 spiro atoms. The summed E-state index contributed by atoms with van der Waals surface area (Å²) in [4.78, 5) is 0. The first-order valence-electron chi connectivity index (χ1n) is 18.9. The van der Waals surface area contributed by atoms with Crippen LogP contribution >= 0.6 is 0 Å². The van der Waals surface area contributed by atoms with Gasteiger partial charge in [0.15, 0.2) is 0 Å². The maximum Gasteiger partial charge on any atom is 0.128 e. The van der Waals surface area contributed by atoms with Crippen LogP contribution in [-0.4, -0.2) is 8.07 Å². The predicted molar refractivity (Wildman–Crippen MR) is 229 cm³/mol. The maximum atomic E-state index is 2.62. The van der Waals surface area contributed by atoms with Crippen LogP contribution in [0.1, 0.15) is 11.1 Å². The summed E-state index contributed by atoms with van der Waals surface area (Å²) in [6.07, 6.45) is 0. The summed E-state index contributed by atoms with van der Waals surface area (Å²) < 4.78 is 0. The number of hydrogen-bond acceptors (Lipinski definition) is 0. The summed E-state index contributed by atoms with van der Waals surface area (Å²) in [7, 11) is -2.21. The second kappa shape index (κ2) is 9.98. The van der Waals surface area contributed by atoms with Crippen molar-refractivity contribution in [2.75, 3.05) is 0 Å². The summed E-state index contributed by atoms with van der Waals surface area (Å²) in [6.45, 7) is 0. The lowest BCUT2D eigenvalue weighted by molar-refractivity contribution is 1.35. The molecule has 0 bridgehead atoms. The van der Waals surface area contributed by atoms with Gasteiger partial charge in [0.05, 0.1) is 0 Å². The highest BCUT2D eigenvalue weighted by atomic mass is 28.3. The van der Waals surface area contributed by atoms with Gasteiger partial charge in [-0.15, -0.1) is 0 Å². The van der Waals surface area contributed by atoms with Crippen molar-refractivity contribution in [2.24, 2.45) is 0 Å². The van der Waals surface area contributed by atoms with E-state index < -0.39 is 8.07 Å². The molecular formula is C52H32Si. The molecule has 0 nitrogen and oxygen atoms in total. The van der Waals surface area contributed by atoms with E-state index in [2.05, 4.69) is 170 Å². The van der Waals surface area contributed by atoms with Crippen LogP contribution < -0.4 is 10.4 Å². The number of benzene rings is 11. The fourth-order valence-corrected chi connectivity index (χ4v) is 16.3. The highest BCUT2D eigenvalue weighted by Gasteiger charge is 2.49. The number of rotatable bonds is 2. The maximum absolute atomic E-state index is 2.62. The van der Waals surface area contributed by atoms with Crippen LogP contribution in [0.4, 0.5) is 0 Å². The molecule has 0 amide bonds. The van der Waals surface area contributed by atoms with Crippen molar-refractivity contribution < 1.29 is 0 Å². The van der Waals surface area contributed by atoms with Gasteiger partial charge in [0.25, 0.3) is 0 Å². The zero-order valence-electron chi connectivity index (χ0n) is 29.1. The molecule has 53 heavy (non-hydrogen) atoms. The standard InChI is InChI=1S/C52H32Si/c1-2-6-40-30-53(29-39(40)5-1)47-27-37(41-21-15-35-13-11-31-7-3-9-33-17-25-45(41)51(35)49(31)33)19-23-43(47)44-24-20-38(28-48(44)53)42-22-16-36-14-12-32-8-4-10-34-18-26-46(42)52(36)50(32)34/h1-28H,29-30H2. The molecule has 2 aliphatic rings. The zero-order chi connectivity index (χ0) is 34.4. The minimum atomic E-state index is -2.21. The number of fused-ring (bicyclic) bond motifs is 6. The van der Waals surface area contributed by atoms with Gasteiger partial charge in [-0.3, -0.25) is 0 Å². The highest BCUT2D eigenvalue weighted by molar-refractivity contribution is 7.05. The molecule has 1 heteroatoms. The summed E-state index contributed by atoms with van der Waals surface area (Å²) in [6, 6.07) is 67.9. The first-order chi connectivity index (χ1) is 26.2. The molecule has 0 aromatic heterocycles. The first-order valence-corrected chi connectivity index (χ1v) is 21.3. The van der Waals surface area contributed by atoms with Crippen molar-refractivity contribution in [1.82, 2.24) is 0 Å². The van der Waals surface area contributed by atoms with Crippen molar-refractivity contribution in [3.05, 3.63) is 181 Å². The van der Waals surface area contributed by atoms with Crippen LogP contribution in [0.2, 0.25) is 0 Å². The molecule has 2 aliphatic heterocycles. The lowest BCUT2D eigenvalue weighted by Gasteiger charge is -2.25. The van der Waals surface area contributed by atoms with E-state index in [4.69, 9.17) is 0 Å². The lowest BCUT2D eigenvalue weighted by Crippen LogP contribution is -2.57. The van der Waals surface area contributed by atoms with Gasteiger partial charge in [0.1, 0.15) is 8.07 Å². The van der Waals surface area contributed by atoms with E-state index in [1.165, 1.54) is 98.0 Å². The smallest absolute Gasteiger partial charge is 0.0620 e. The largest absolute Gasteiger partial charge is 0.128 e. The second-order valence-electron chi connectivity index (χ2n) is 15.7. The minimum Gasteiger partial charge on any atom is -0.0620 e. The van der Waals surface area contributed by atoms with Gasteiger partial charge in [0.2, 0.25) is 0 Å². The molecule has 0 atom stereocenters. The van der Waals surface area contributed by atoms with Gasteiger partial charge in [-0.1, -0.05) is 170 Å². The van der Waals surface area contributed by atoms with Crippen molar-refractivity contribution in [1.29, 1.82) is 0 Å². The van der Waals surface area contributed by atoms with E-state index in [1.54, 1.807) is 21.5 Å². The zero-order valence-corrected chi connectivity index (χ0v) is 30.1. The van der Waals surface area contributed by atoms with E-state index in [1.807, 2.05) is 0 Å². The normalized spacial score (nSPS) is 14.4. The first kappa shape index (κ1) is 28.3. The summed E-state index contributed by atoms with van der Waals surface area (Å²) >= 11 is 0. The molecule has 13 rings (SSSR count). The minimum absolute atomic E-state index is 1.16. The molecule has 244 valence electrons. The Morgan fingerprint density at radius 1 is 0.302 bits per heavy atom. The Morgan fingerprint density at radius 2 is 0.679 bits per heavy atom. The molecule has 11 aromatic carbocycles. The summed E-state index contributed by atoms with van der Waals surface area (Å²) in [5, 5.41) is 19.4. The molecular weight excluding hydrogens is 653 g/mol. The van der Waals surface area contributed by atoms with Crippen molar-refractivity contribution >= 4 is 83.1 Å². The molecule has 0 saturated heterocycles. The van der Waals surface area contributed by atoms with Crippen molar-refractivity contribution in [3.63, 3.8) is 0 Å². The number of hydrogen-bond donors (Lipinski definition) is 0. The highest BCUT2D eigenvalue weighted by Crippen LogP contribution is 2.44. The average Bonchev–Trinajstić information content (AvgIpc) is 3.73. The van der Waals surface area contributed by atoms with Gasteiger partial charge < -0.3 is 0 Å². The third-order valence-electron chi connectivity index (χ3n) is 13.1. The molecule has 0 fully saturated rings. The van der Waals surface area contributed by atoms with Gasteiger partial charge in [0, 0.05) is 0 Å². The molecule has 11 aromatic rings. The molecule has 2 heterocycles. The van der Waals surface area contributed by atoms with Crippen LogP contribution in [0, 0.1) is 0 Å². The quantitative estimate of drug-likeness (QED) is 0.126. The molecule has 0 radical (unpaired) electrons. The van der Waals surface area contributed by atoms with E-state index in [9.17, 15) is 0 Å². The van der Waals surface area contributed by atoms with Crippen molar-refractivity contribution in [2.45, 2.75) is 12.1 Å². The lowest BCUT2D eigenvalue weighted by atomic mass is 9.89. The Kier molecular flexibility index (Phi) is 5.33. The van der Waals surface area contributed by atoms with Crippen LogP contribution in [0.3, 0.4) is 0 Å². The van der Waals surface area contributed by atoms with E-state index in [0.717, 1.165) is 12.1 Å². The van der Waals surface area contributed by atoms with Crippen LogP contribution in [0.15, 0.2) is 170 Å². The Hall–Kier alpha value is -6.28. The Morgan fingerprint density at radius 3 is 1.13 bits per heavy atom. The van der Waals surface area contributed by atoms with Gasteiger partial charge in [-0.2, -0.15) is 0 Å². The van der Waals surface area contributed by atoms with Gasteiger partial charge in [-0.25, -0.2) is 0 Å². The third-order valence-corrected chi connectivity index (χ3v) is 18.0. The third kappa shape index (κ3) is 3.65. The van der Waals surface area contributed by atoms with E-state index >= 15 is 0 Å². The fraction of sp³-hybridized carbons (Fsp3) is 0.0385. The Labute approximate surface area is 308 Å². The summed E-state index contributed by atoms with van der Waals surface area (Å²) in [5.74, 6) is 0.